The average Bonchev–Trinajstić information content (AvgIpc) is 2.84. The Morgan fingerprint density at radius 2 is 2.28 bits per heavy atom. The lowest BCUT2D eigenvalue weighted by molar-refractivity contribution is 0.134. The molecule has 1 aromatic heterocycles. The van der Waals surface area contributed by atoms with Crippen LogP contribution in [0.4, 0.5) is 0 Å². The molecule has 0 saturated heterocycles. The fraction of sp³-hybridized carbons (Fsp3) is 0.636. The van der Waals surface area contributed by atoms with Crippen molar-refractivity contribution in [3.63, 3.8) is 0 Å². The van der Waals surface area contributed by atoms with Crippen molar-refractivity contribution in [2.45, 2.75) is 36.5 Å². The second kappa shape index (κ2) is 5.46. The normalized spacial score (nSPS) is 24.6. The minimum absolute atomic E-state index is 0.0244. The van der Waals surface area contributed by atoms with Gasteiger partial charge in [0, 0.05) is 6.54 Å². The molecule has 4 nitrogen and oxygen atoms in total. The maximum absolute atomic E-state index is 12.0. The van der Waals surface area contributed by atoms with Crippen molar-refractivity contribution >= 4 is 33.0 Å². The van der Waals surface area contributed by atoms with Gasteiger partial charge in [0.25, 0.3) is 0 Å². The van der Waals surface area contributed by atoms with E-state index < -0.39 is 10.0 Å². The molecule has 102 valence electrons. The van der Waals surface area contributed by atoms with Gasteiger partial charge in [-0.05, 0) is 37.3 Å². The van der Waals surface area contributed by atoms with Crippen molar-refractivity contribution in [1.82, 2.24) is 4.72 Å². The molecule has 2 rings (SSSR count). The number of nitrogens with one attached hydrogen (secondary N) is 1. The van der Waals surface area contributed by atoms with Gasteiger partial charge in [-0.2, -0.15) is 0 Å². The Morgan fingerprint density at radius 3 is 2.78 bits per heavy atom. The molecule has 18 heavy (non-hydrogen) atoms. The van der Waals surface area contributed by atoms with Crippen LogP contribution in [0.3, 0.4) is 0 Å². The monoisotopic (exact) mass is 309 g/mol. The first-order chi connectivity index (χ1) is 8.40. The van der Waals surface area contributed by atoms with E-state index in [9.17, 15) is 13.5 Å². The summed E-state index contributed by atoms with van der Waals surface area (Å²) in [4.78, 5) is 0. The third-order valence-corrected chi connectivity index (χ3v) is 6.71. The number of hydrogen-bond acceptors (Lipinski definition) is 4. The SMILES string of the molecule is Cc1cc(S(=O)(=O)NCC2CCCC2O)sc1Cl. The van der Waals surface area contributed by atoms with Gasteiger partial charge in [0.15, 0.2) is 0 Å². The molecule has 0 bridgehead atoms. The largest absolute Gasteiger partial charge is 0.393 e. The fourth-order valence-electron chi connectivity index (χ4n) is 2.11. The molecule has 0 aromatic carbocycles. The number of rotatable bonds is 4. The number of sulfonamides is 1. The van der Waals surface area contributed by atoms with Crippen LogP contribution in [0.1, 0.15) is 24.8 Å². The van der Waals surface area contributed by atoms with Crippen molar-refractivity contribution in [3.05, 3.63) is 16.0 Å². The second-order valence-electron chi connectivity index (χ2n) is 4.63. The molecular formula is C11H16ClNO3S2. The first-order valence-corrected chi connectivity index (χ1v) is 8.51. The first-order valence-electron chi connectivity index (χ1n) is 5.84. The lowest BCUT2D eigenvalue weighted by Crippen LogP contribution is -2.32. The zero-order chi connectivity index (χ0) is 13.3. The minimum atomic E-state index is -3.50. The molecule has 2 N–H and O–H groups in total. The molecule has 0 radical (unpaired) electrons. The van der Waals surface area contributed by atoms with Gasteiger partial charge in [0.05, 0.1) is 10.4 Å². The molecule has 0 aliphatic heterocycles. The molecule has 0 amide bonds. The van der Waals surface area contributed by atoms with Gasteiger partial charge in [-0.25, -0.2) is 13.1 Å². The van der Waals surface area contributed by atoms with E-state index in [1.165, 1.54) is 0 Å². The number of aliphatic hydroxyl groups excluding tert-OH is 1. The summed E-state index contributed by atoms with van der Waals surface area (Å²) < 4.78 is 27.3. The summed E-state index contributed by atoms with van der Waals surface area (Å²) in [5.74, 6) is 0.0244. The van der Waals surface area contributed by atoms with Crippen LogP contribution >= 0.6 is 22.9 Å². The Bertz CT molecular complexity index is 507. The summed E-state index contributed by atoms with van der Waals surface area (Å²) >= 11 is 6.93. The molecule has 1 aromatic rings. The van der Waals surface area contributed by atoms with Crippen molar-refractivity contribution < 1.29 is 13.5 Å². The van der Waals surface area contributed by atoms with Crippen molar-refractivity contribution in [2.75, 3.05) is 6.54 Å². The van der Waals surface area contributed by atoms with E-state index in [0.717, 1.165) is 36.2 Å². The van der Waals surface area contributed by atoms with E-state index in [4.69, 9.17) is 11.6 Å². The fourth-order valence-corrected chi connectivity index (χ4v) is 4.95. The molecule has 2 unspecified atom stereocenters. The first kappa shape index (κ1) is 14.3. The highest BCUT2D eigenvalue weighted by atomic mass is 35.5. The molecule has 2 atom stereocenters. The van der Waals surface area contributed by atoms with Crippen LogP contribution < -0.4 is 4.72 Å². The lowest BCUT2D eigenvalue weighted by Gasteiger charge is -2.14. The molecule has 1 heterocycles. The van der Waals surface area contributed by atoms with E-state index in [0.29, 0.717) is 4.34 Å². The smallest absolute Gasteiger partial charge is 0.250 e. The van der Waals surface area contributed by atoms with Crippen molar-refractivity contribution in [2.24, 2.45) is 5.92 Å². The van der Waals surface area contributed by atoms with Gasteiger partial charge < -0.3 is 5.11 Å². The van der Waals surface area contributed by atoms with E-state index in [-0.39, 0.29) is 22.8 Å². The summed E-state index contributed by atoms with van der Waals surface area (Å²) in [6.07, 6.45) is 2.20. The van der Waals surface area contributed by atoms with Crippen LogP contribution in [0, 0.1) is 12.8 Å². The standard InChI is InChI=1S/C11H16ClNO3S2/c1-7-5-10(17-11(7)12)18(15,16)13-6-8-3-2-4-9(8)14/h5,8-9,13-14H,2-4,6H2,1H3. The van der Waals surface area contributed by atoms with Crippen molar-refractivity contribution in [3.8, 4) is 0 Å². The molecule has 1 aliphatic carbocycles. The Morgan fingerprint density at radius 1 is 1.56 bits per heavy atom. The summed E-state index contributed by atoms with van der Waals surface area (Å²) in [6.45, 7) is 2.07. The maximum Gasteiger partial charge on any atom is 0.250 e. The number of halogens is 1. The van der Waals surface area contributed by atoms with E-state index >= 15 is 0 Å². The van der Waals surface area contributed by atoms with Gasteiger partial charge in [-0.1, -0.05) is 18.0 Å². The molecule has 1 fully saturated rings. The predicted octanol–water partition coefficient (Wildman–Crippen LogP) is 2.15. The van der Waals surface area contributed by atoms with Gasteiger partial charge >= 0.3 is 0 Å². The van der Waals surface area contributed by atoms with Crippen molar-refractivity contribution in [1.29, 1.82) is 0 Å². The number of aryl methyl sites for hydroxylation is 1. The Balaban J connectivity index is 2.03. The highest BCUT2D eigenvalue weighted by Gasteiger charge is 2.27. The third-order valence-electron chi connectivity index (χ3n) is 3.25. The lowest BCUT2D eigenvalue weighted by atomic mass is 10.1. The van der Waals surface area contributed by atoms with Gasteiger partial charge in [0.2, 0.25) is 10.0 Å². The quantitative estimate of drug-likeness (QED) is 0.895. The van der Waals surface area contributed by atoms with Crippen LogP contribution in [-0.4, -0.2) is 26.2 Å². The Kier molecular flexibility index (Phi) is 4.33. The predicted molar refractivity (Wildman–Crippen MR) is 72.6 cm³/mol. The number of aliphatic hydroxyl groups is 1. The molecule has 1 saturated carbocycles. The molecular weight excluding hydrogens is 294 g/mol. The molecule has 0 spiro atoms. The van der Waals surface area contributed by atoms with Crippen LogP contribution in [0.15, 0.2) is 10.3 Å². The Labute approximate surface area is 116 Å². The zero-order valence-electron chi connectivity index (χ0n) is 10.0. The average molecular weight is 310 g/mol. The zero-order valence-corrected chi connectivity index (χ0v) is 12.4. The van der Waals surface area contributed by atoms with E-state index in [1.807, 2.05) is 0 Å². The summed E-state index contributed by atoms with van der Waals surface area (Å²) in [5.41, 5.74) is 0.767. The van der Waals surface area contributed by atoms with Crippen LogP contribution in [0.25, 0.3) is 0 Å². The van der Waals surface area contributed by atoms with Crippen LogP contribution in [-0.2, 0) is 10.0 Å². The van der Waals surface area contributed by atoms with E-state index in [1.54, 1.807) is 13.0 Å². The van der Waals surface area contributed by atoms with Crippen LogP contribution in [0.2, 0.25) is 4.34 Å². The second-order valence-corrected chi connectivity index (χ2v) is 8.28. The maximum atomic E-state index is 12.0. The van der Waals surface area contributed by atoms with Gasteiger partial charge in [-0.3, -0.25) is 0 Å². The summed E-state index contributed by atoms with van der Waals surface area (Å²) in [5, 5.41) is 9.65. The number of hydrogen-bond donors (Lipinski definition) is 2. The third kappa shape index (κ3) is 3.05. The topological polar surface area (TPSA) is 66.4 Å². The Hall–Kier alpha value is -0.140. The number of thiophene rings is 1. The summed E-state index contributed by atoms with van der Waals surface area (Å²) in [7, 11) is -3.50. The summed E-state index contributed by atoms with van der Waals surface area (Å²) in [6, 6.07) is 1.57. The van der Waals surface area contributed by atoms with Crippen LogP contribution in [0.5, 0.6) is 0 Å². The highest BCUT2D eigenvalue weighted by molar-refractivity contribution is 7.91. The molecule has 7 heteroatoms. The highest BCUT2D eigenvalue weighted by Crippen LogP contribution is 2.30. The van der Waals surface area contributed by atoms with E-state index in [2.05, 4.69) is 4.72 Å². The van der Waals surface area contributed by atoms with Gasteiger partial charge in [0.1, 0.15) is 4.21 Å². The van der Waals surface area contributed by atoms with Gasteiger partial charge in [-0.15, -0.1) is 11.3 Å². The molecule has 1 aliphatic rings. The minimum Gasteiger partial charge on any atom is -0.393 e.